The fourth-order valence-corrected chi connectivity index (χ4v) is 3.85. The van der Waals surface area contributed by atoms with Gasteiger partial charge in [-0.2, -0.15) is 5.10 Å². The van der Waals surface area contributed by atoms with Crippen LogP contribution in [0.4, 0.5) is 5.82 Å². The zero-order chi connectivity index (χ0) is 13.5. The van der Waals surface area contributed by atoms with Crippen molar-refractivity contribution in [2.75, 3.05) is 18.9 Å². The predicted octanol–water partition coefficient (Wildman–Crippen LogP) is 2.01. The fourth-order valence-electron chi connectivity index (χ4n) is 3.85. The van der Waals surface area contributed by atoms with Crippen molar-refractivity contribution in [3.8, 4) is 0 Å². The van der Waals surface area contributed by atoms with Crippen LogP contribution in [0.3, 0.4) is 0 Å². The van der Waals surface area contributed by atoms with Gasteiger partial charge in [-0.15, -0.1) is 0 Å². The Balaban J connectivity index is 1.40. The number of rotatable bonds is 3. The molecule has 2 atom stereocenters. The van der Waals surface area contributed by atoms with Crippen LogP contribution in [0.5, 0.6) is 0 Å². The van der Waals surface area contributed by atoms with E-state index >= 15 is 0 Å². The maximum Gasteiger partial charge on any atom is 0.157 e. The minimum absolute atomic E-state index is 0.784. The first kappa shape index (κ1) is 12.1. The molecule has 106 valence electrons. The van der Waals surface area contributed by atoms with Crippen molar-refractivity contribution < 1.29 is 0 Å². The number of fused-ring (bicyclic) bond motifs is 3. The molecule has 5 nitrogen and oxygen atoms in total. The molecular weight excluding hydrogens is 250 g/mol. The Morgan fingerprint density at radius 2 is 2.05 bits per heavy atom. The molecule has 5 heteroatoms. The summed E-state index contributed by atoms with van der Waals surface area (Å²) in [7, 11) is 2.29. The van der Waals surface area contributed by atoms with Gasteiger partial charge in [-0.05, 0) is 44.7 Å². The molecule has 2 aromatic heterocycles. The molecular formula is C15H21N5. The Labute approximate surface area is 119 Å². The van der Waals surface area contributed by atoms with Crippen molar-refractivity contribution in [1.29, 1.82) is 0 Å². The fraction of sp³-hybridized carbons (Fsp3) is 0.600. The highest BCUT2D eigenvalue weighted by Crippen LogP contribution is 2.37. The average Bonchev–Trinajstić information content (AvgIpc) is 2.98. The minimum atomic E-state index is 0.784. The average molecular weight is 271 g/mol. The van der Waals surface area contributed by atoms with E-state index in [-0.39, 0.29) is 0 Å². The van der Waals surface area contributed by atoms with E-state index in [1.165, 1.54) is 25.7 Å². The van der Waals surface area contributed by atoms with E-state index in [1.807, 2.05) is 18.3 Å². The molecule has 0 spiro atoms. The monoisotopic (exact) mass is 271 g/mol. The van der Waals surface area contributed by atoms with E-state index < -0.39 is 0 Å². The summed E-state index contributed by atoms with van der Waals surface area (Å²) < 4.78 is 1.79. The van der Waals surface area contributed by atoms with E-state index in [9.17, 15) is 0 Å². The molecule has 0 radical (unpaired) electrons. The summed E-state index contributed by atoms with van der Waals surface area (Å²) in [5.74, 6) is 1.75. The molecule has 4 heterocycles. The Hall–Kier alpha value is -1.62. The molecule has 20 heavy (non-hydrogen) atoms. The molecule has 0 amide bonds. The first-order valence-corrected chi connectivity index (χ1v) is 7.56. The normalized spacial score (nSPS) is 29.9. The zero-order valence-corrected chi connectivity index (χ0v) is 11.9. The van der Waals surface area contributed by atoms with Gasteiger partial charge in [-0.25, -0.2) is 9.50 Å². The quantitative estimate of drug-likeness (QED) is 0.927. The highest BCUT2D eigenvalue weighted by molar-refractivity contribution is 5.45. The van der Waals surface area contributed by atoms with Gasteiger partial charge in [0.05, 0.1) is 6.20 Å². The molecule has 0 aliphatic carbocycles. The number of nitrogens with one attached hydrogen (secondary N) is 1. The smallest absolute Gasteiger partial charge is 0.157 e. The van der Waals surface area contributed by atoms with Crippen molar-refractivity contribution in [2.45, 2.75) is 37.8 Å². The SMILES string of the molecule is CN1C2CCC1CC(CNc1ccn3nccc3n1)C2. The van der Waals surface area contributed by atoms with Crippen molar-refractivity contribution in [1.82, 2.24) is 19.5 Å². The lowest BCUT2D eigenvalue weighted by Crippen LogP contribution is -2.41. The minimum Gasteiger partial charge on any atom is -0.370 e. The predicted molar refractivity (Wildman–Crippen MR) is 78.8 cm³/mol. The summed E-state index contributed by atoms with van der Waals surface area (Å²) in [5.41, 5.74) is 0.901. The first-order valence-electron chi connectivity index (χ1n) is 7.56. The number of hydrogen-bond donors (Lipinski definition) is 1. The maximum absolute atomic E-state index is 4.57. The van der Waals surface area contributed by atoms with E-state index in [0.29, 0.717) is 0 Å². The topological polar surface area (TPSA) is 45.5 Å². The lowest BCUT2D eigenvalue weighted by atomic mass is 9.91. The second-order valence-corrected chi connectivity index (χ2v) is 6.22. The molecule has 1 N–H and O–H groups in total. The number of hydrogen-bond acceptors (Lipinski definition) is 4. The van der Waals surface area contributed by atoms with E-state index in [2.05, 4.69) is 27.3 Å². The van der Waals surface area contributed by atoms with Crippen LogP contribution in [0.25, 0.3) is 5.65 Å². The number of aromatic nitrogens is 3. The summed E-state index contributed by atoms with van der Waals surface area (Å²) in [6, 6.07) is 5.56. The van der Waals surface area contributed by atoms with Crippen LogP contribution in [-0.4, -0.2) is 45.2 Å². The van der Waals surface area contributed by atoms with Crippen molar-refractivity contribution in [2.24, 2.45) is 5.92 Å². The summed E-state index contributed by atoms with van der Waals surface area (Å²) in [6.07, 6.45) is 9.17. The lowest BCUT2D eigenvalue weighted by Gasteiger charge is -2.36. The van der Waals surface area contributed by atoms with Gasteiger partial charge >= 0.3 is 0 Å². The lowest BCUT2D eigenvalue weighted by molar-refractivity contribution is 0.139. The molecule has 2 bridgehead atoms. The largest absolute Gasteiger partial charge is 0.370 e. The molecule has 0 saturated carbocycles. The van der Waals surface area contributed by atoms with Crippen molar-refractivity contribution in [3.63, 3.8) is 0 Å². The van der Waals surface area contributed by atoms with Crippen LogP contribution < -0.4 is 5.32 Å². The molecule has 2 aliphatic heterocycles. The summed E-state index contributed by atoms with van der Waals surface area (Å²) in [6.45, 7) is 1.04. The van der Waals surface area contributed by atoms with Crippen LogP contribution in [0, 0.1) is 5.92 Å². The highest BCUT2D eigenvalue weighted by atomic mass is 15.2. The van der Waals surface area contributed by atoms with Crippen LogP contribution >= 0.6 is 0 Å². The van der Waals surface area contributed by atoms with Crippen molar-refractivity contribution >= 4 is 11.5 Å². The zero-order valence-electron chi connectivity index (χ0n) is 11.9. The Morgan fingerprint density at radius 3 is 2.85 bits per heavy atom. The van der Waals surface area contributed by atoms with Gasteiger partial charge in [0, 0.05) is 30.9 Å². The molecule has 4 rings (SSSR count). The molecule has 2 saturated heterocycles. The number of nitrogens with zero attached hydrogens (tertiary/aromatic N) is 4. The van der Waals surface area contributed by atoms with Gasteiger partial charge < -0.3 is 10.2 Å². The number of piperidine rings is 1. The van der Waals surface area contributed by atoms with Crippen LogP contribution in [-0.2, 0) is 0 Å². The van der Waals surface area contributed by atoms with Crippen LogP contribution in [0.15, 0.2) is 24.5 Å². The molecule has 2 aliphatic rings. The van der Waals surface area contributed by atoms with Crippen LogP contribution in [0.1, 0.15) is 25.7 Å². The molecule has 0 aromatic carbocycles. The van der Waals surface area contributed by atoms with E-state index in [4.69, 9.17) is 0 Å². The van der Waals surface area contributed by atoms with Gasteiger partial charge in [0.25, 0.3) is 0 Å². The Bertz CT molecular complexity index is 593. The standard InChI is InChI=1S/C15H21N5/c1-19-12-2-3-13(19)9-11(8-12)10-16-14-5-7-20-15(18-14)4-6-17-20/h4-7,11-13H,2-3,8-10H2,1H3,(H,16,18). The van der Waals surface area contributed by atoms with Gasteiger partial charge in [0.1, 0.15) is 5.82 Å². The van der Waals surface area contributed by atoms with Crippen LogP contribution in [0.2, 0.25) is 0 Å². The molecule has 2 fully saturated rings. The third-order valence-corrected chi connectivity index (χ3v) is 5.03. The maximum atomic E-state index is 4.57. The van der Waals surface area contributed by atoms with E-state index in [1.54, 1.807) is 10.7 Å². The van der Waals surface area contributed by atoms with Gasteiger partial charge in [-0.1, -0.05) is 0 Å². The molecule has 2 unspecified atom stereocenters. The summed E-state index contributed by atoms with van der Waals surface area (Å²) in [4.78, 5) is 7.16. The van der Waals surface area contributed by atoms with E-state index in [0.717, 1.165) is 36.0 Å². The third kappa shape index (κ3) is 2.06. The molecule has 2 aromatic rings. The second-order valence-electron chi connectivity index (χ2n) is 6.22. The van der Waals surface area contributed by atoms with Gasteiger partial charge in [-0.3, -0.25) is 0 Å². The Kier molecular flexibility index (Phi) is 2.88. The Morgan fingerprint density at radius 1 is 1.25 bits per heavy atom. The highest BCUT2D eigenvalue weighted by Gasteiger charge is 2.38. The van der Waals surface area contributed by atoms with Gasteiger partial charge in [0.2, 0.25) is 0 Å². The summed E-state index contributed by atoms with van der Waals surface area (Å²) >= 11 is 0. The van der Waals surface area contributed by atoms with Crippen molar-refractivity contribution in [3.05, 3.63) is 24.5 Å². The van der Waals surface area contributed by atoms with Gasteiger partial charge in [0.15, 0.2) is 5.65 Å². The third-order valence-electron chi connectivity index (χ3n) is 5.03. The first-order chi connectivity index (χ1) is 9.79. The number of anilines is 1. The summed E-state index contributed by atoms with van der Waals surface area (Å²) in [5, 5.41) is 7.68. The second kappa shape index (κ2) is 4.74.